The Morgan fingerprint density at radius 3 is 2.87 bits per heavy atom. The van der Waals surface area contributed by atoms with Gasteiger partial charge in [-0.15, -0.1) is 0 Å². The topological polar surface area (TPSA) is 98.7 Å². The fraction of sp³-hybridized carbons (Fsp3) is 0.438. The maximum absolute atomic E-state index is 12.5. The van der Waals surface area contributed by atoms with Gasteiger partial charge in [-0.3, -0.25) is 19.7 Å². The standard InChI is InChI=1S/C16H19N3O4/c20-6-5-17-8-10-1-2-12-11(7-10)9-19(16(12)23)13-3-4-14(21)18-15(13)22/h1-2,7,13,17,20H,3-6,8-9H2,(H,18,21,22). The Bertz CT molecular complexity index is 659. The minimum atomic E-state index is -0.580. The van der Waals surface area contributed by atoms with Crippen LogP contribution < -0.4 is 10.6 Å². The zero-order valence-electron chi connectivity index (χ0n) is 12.7. The zero-order valence-corrected chi connectivity index (χ0v) is 12.7. The third-order valence-electron chi connectivity index (χ3n) is 4.21. The van der Waals surface area contributed by atoms with Gasteiger partial charge in [0.15, 0.2) is 0 Å². The number of benzene rings is 1. The molecule has 1 fully saturated rings. The molecule has 23 heavy (non-hydrogen) atoms. The second-order valence-electron chi connectivity index (χ2n) is 5.79. The number of aliphatic hydroxyl groups excluding tert-OH is 1. The highest BCUT2D eigenvalue weighted by atomic mass is 16.3. The number of fused-ring (bicyclic) bond motifs is 1. The van der Waals surface area contributed by atoms with Gasteiger partial charge in [0.1, 0.15) is 6.04 Å². The maximum Gasteiger partial charge on any atom is 0.255 e. The molecule has 1 aromatic carbocycles. The summed E-state index contributed by atoms with van der Waals surface area (Å²) < 4.78 is 0. The second-order valence-corrected chi connectivity index (χ2v) is 5.79. The van der Waals surface area contributed by atoms with Gasteiger partial charge in [0.2, 0.25) is 11.8 Å². The lowest BCUT2D eigenvalue weighted by Gasteiger charge is -2.29. The van der Waals surface area contributed by atoms with E-state index in [0.29, 0.717) is 31.6 Å². The van der Waals surface area contributed by atoms with Crippen LogP contribution >= 0.6 is 0 Å². The predicted molar refractivity (Wildman–Crippen MR) is 81.3 cm³/mol. The number of nitrogens with zero attached hydrogens (tertiary/aromatic N) is 1. The van der Waals surface area contributed by atoms with Crippen molar-refractivity contribution in [2.24, 2.45) is 0 Å². The highest BCUT2D eigenvalue weighted by Crippen LogP contribution is 2.28. The summed E-state index contributed by atoms with van der Waals surface area (Å²) in [4.78, 5) is 37.3. The molecule has 2 aliphatic rings. The molecule has 2 heterocycles. The Morgan fingerprint density at radius 2 is 2.13 bits per heavy atom. The van der Waals surface area contributed by atoms with Gasteiger partial charge in [-0.1, -0.05) is 12.1 Å². The molecule has 1 atom stereocenters. The summed E-state index contributed by atoms with van der Waals surface area (Å²) in [7, 11) is 0. The molecule has 3 rings (SSSR count). The smallest absolute Gasteiger partial charge is 0.255 e. The quantitative estimate of drug-likeness (QED) is 0.504. The van der Waals surface area contributed by atoms with Crippen LogP contribution in [-0.4, -0.2) is 46.9 Å². The van der Waals surface area contributed by atoms with E-state index in [4.69, 9.17) is 5.11 Å². The number of hydrogen-bond donors (Lipinski definition) is 3. The minimum Gasteiger partial charge on any atom is -0.395 e. The number of rotatable bonds is 5. The minimum absolute atomic E-state index is 0.0761. The molecule has 1 unspecified atom stereocenters. The van der Waals surface area contributed by atoms with E-state index in [1.165, 1.54) is 4.90 Å². The van der Waals surface area contributed by atoms with Crippen LogP contribution in [0.4, 0.5) is 0 Å². The zero-order chi connectivity index (χ0) is 16.4. The van der Waals surface area contributed by atoms with Crippen molar-refractivity contribution in [3.63, 3.8) is 0 Å². The van der Waals surface area contributed by atoms with Crippen molar-refractivity contribution in [3.8, 4) is 0 Å². The predicted octanol–water partition coefficient (Wildman–Crippen LogP) is -0.470. The summed E-state index contributed by atoms with van der Waals surface area (Å²) in [5.41, 5.74) is 2.53. The molecule has 0 aromatic heterocycles. The van der Waals surface area contributed by atoms with E-state index in [-0.39, 0.29) is 24.8 Å². The monoisotopic (exact) mass is 317 g/mol. The molecule has 0 saturated carbocycles. The van der Waals surface area contributed by atoms with Gasteiger partial charge < -0.3 is 15.3 Å². The van der Waals surface area contributed by atoms with Crippen LogP contribution in [0.25, 0.3) is 0 Å². The normalized spacial score (nSPS) is 20.7. The molecular weight excluding hydrogens is 298 g/mol. The third-order valence-corrected chi connectivity index (χ3v) is 4.21. The summed E-state index contributed by atoms with van der Waals surface area (Å²) in [6.45, 7) is 1.58. The molecular formula is C16H19N3O4. The van der Waals surface area contributed by atoms with Crippen LogP contribution in [-0.2, 0) is 22.7 Å². The van der Waals surface area contributed by atoms with Crippen molar-refractivity contribution in [1.82, 2.24) is 15.5 Å². The first kappa shape index (κ1) is 15.6. The number of hydrogen-bond acceptors (Lipinski definition) is 5. The molecule has 1 saturated heterocycles. The highest BCUT2D eigenvalue weighted by molar-refractivity contribution is 6.05. The Hall–Kier alpha value is -2.25. The first-order valence-electron chi connectivity index (χ1n) is 7.68. The average molecular weight is 317 g/mol. The van der Waals surface area contributed by atoms with E-state index in [9.17, 15) is 14.4 Å². The number of amides is 3. The number of carbonyl (C=O) groups excluding carboxylic acids is 3. The van der Waals surface area contributed by atoms with Gasteiger partial charge in [0, 0.05) is 31.6 Å². The van der Waals surface area contributed by atoms with Crippen molar-refractivity contribution in [2.45, 2.75) is 32.0 Å². The Labute approximate surface area is 133 Å². The summed E-state index contributed by atoms with van der Waals surface area (Å²) in [5, 5.41) is 14.2. The number of nitrogens with one attached hydrogen (secondary N) is 2. The van der Waals surface area contributed by atoms with Crippen molar-refractivity contribution in [3.05, 3.63) is 34.9 Å². The van der Waals surface area contributed by atoms with Gasteiger partial charge in [0.25, 0.3) is 5.91 Å². The summed E-state index contributed by atoms with van der Waals surface area (Å²) >= 11 is 0. The van der Waals surface area contributed by atoms with Crippen LogP contribution in [0.15, 0.2) is 18.2 Å². The van der Waals surface area contributed by atoms with E-state index >= 15 is 0 Å². The van der Waals surface area contributed by atoms with Gasteiger partial charge >= 0.3 is 0 Å². The SMILES string of the molecule is O=C1CCC(N2Cc3cc(CNCCO)ccc3C2=O)C(=O)N1. The average Bonchev–Trinajstić information content (AvgIpc) is 2.84. The molecule has 0 bridgehead atoms. The Morgan fingerprint density at radius 1 is 1.30 bits per heavy atom. The van der Waals surface area contributed by atoms with Crippen LogP contribution in [0.3, 0.4) is 0 Å². The van der Waals surface area contributed by atoms with Crippen LogP contribution in [0, 0.1) is 0 Å². The number of imide groups is 1. The summed E-state index contributed by atoms with van der Waals surface area (Å²) in [5.74, 6) is -0.843. The lowest BCUT2D eigenvalue weighted by atomic mass is 10.0. The highest BCUT2D eigenvalue weighted by Gasteiger charge is 2.38. The van der Waals surface area contributed by atoms with Crippen molar-refractivity contribution >= 4 is 17.7 Å². The second kappa shape index (κ2) is 6.47. The van der Waals surface area contributed by atoms with Gasteiger partial charge in [-0.2, -0.15) is 0 Å². The first-order chi connectivity index (χ1) is 11.1. The van der Waals surface area contributed by atoms with E-state index < -0.39 is 11.9 Å². The summed E-state index contributed by atoms with van der Waals surface area (Å²) in [6.07, 6.45) is 0.627. The molecule has 2 aliphatic heterocycles. The van der Waals surface area contributed by atoms with E-state index in [1.54, 1.807) is 6.07 Å². The van der Waals surface area contributed by atoms with Crippen LogP contribution in [0.1, 0.15) is 34.3 Å². The molecule has 1 aromatic rings. The molecule has 7 heteroatoms. The van der Waals surface area contributed by atoms with Crippen LogP contribution in [0.2, 0.25) is 0 Å². The Kier molecular flexibility index (Phi) is 4.40. The molecule has 3 N–H and O–H groups in total. The number of aliphatic hydroxyl groups is 1. The molecule has 3 amide bonds. The molecule has 7 nitrogen and oxygen atoms in total. The lowest BCUT2D eigenvalue weighted by molar-refractivity contribution is -0.136. The fourth-order valence-electron chi connectivity index (χ4n) is 3.05. The van der Waals surface area contributed by atoms with Crippen molar-refractivity contribution < 1.29 is 19.5 Å². The van der Waals surface area contributed by atoms with E-state index in [1.807, 2.05) is 12.1 Å². The van der Waals surface area contributed by atoms with Crippen molar-refractivity contribution in [2.75, 3.05) is 13.2 Å². The molecule has 0 spiro atoms. The molecule has 0 radical (unpaired) electrons. The molecule has 0 aliphatic carbocycles. The summed E-state index contributed by atoms with van der Waals surface area (Å²) in [6, 6.07) is 5.02. The molecule has 122 valence electrons. The van der Waals surface area contributed by atoms with Gasteiger partial charge in [0.05, 0.1) is 6.61 Å². The number of carbonyl (C=O) groups is 3. The van der Waals surface area contributed by atoms with Crippen LogP contribution in [0.5, 0.6) is 0 Å². The van der Waals surface area contributed by atoms with Gasteiger partial charge in [-0.25, -0.2) is 0 Å². The third kappa shape index (κ3) is 3.11. The Balaban J connectivity index is 1.73. The largest absolute Gasteiger partial charge is 0.395 e. The van der Waals surface area contributed by atoms with Gasteiger partial charge in [-0.05, 0) is 23.6 Å². The van der Waals surface area contributed by atoms with E-state index in [2.05, 4.69) is 10.6 Å². The first-order valence-corrected chi connectivity index (χ1v) is 7.68. The maximum atomic E-state index is 12.5. The fourth-order valence-corrected chi connectivity index (χ4v) is 3.05. The van der Waals surface area contributed by atoms with Crippen molar-refractivity contribution in [1.29, 1.82) is 0 Å². The lowest BCUT2D eigenvalue weighted by Crippen LogP contribution is -2.52. The number of piperidine rings is 1. The van der Waals surface area contributed by atoms with E-state index in [0.717, 1.165) is 11.1 Å².